The largest absolute Gasteiger partial charge is 0.379 e. The Morgan fingerprint density at radius 3 is 2.67 bits per heavy atom. The van der Waals surface area contributed by atoms with E-state index >= 15 is 0 Å². The fourth-order valence-electron chi connectivity index (χ4n) is 2.16. The van der Waals surface area contributed by atoms with Gasteiger partial charge in [-0.1, -0.05) is 13.8 Å². The summed E-state index contributed by atoms with van der Waals surface area (Å²) in [5.74, 6) is 1.31. The molecule has 1 fully saturated rings. The van der Waals surface area contributed by atoms with Gasteiger partial charge in [-0.2, -0.15) is 12.6 Å². The van der Waals surface area contributed by atoms with E-state index in [1.165, 1.54) is 15.6 Å². The number of aromatic nitrogens is 1. The third-order valence-corrected chi connectivity index (χ3v) is 4.87. The molecular formula is C13H22N2OS2. The molecule has 2 rings (SSSR count). The van der Waals surface area contributed by atoms with Gasteiger partial charge in [0.1, 0.15) is 0 Å². The van der Waals surface area contributed by atoms with Crippen LogP contribution in [-0.2, 0) is 16.9 Å². The van der Waals surface area contributed by atoms with Gasteiger partial charge in [0.25, 0.3) is 0 Å². The number of thiazole rings is 1. The van der Waals surface area contributed by atoms with E-state index in [9.17, 15) is 0 Å². The van der Waals surface area contributed by atoms with Crippen LogP contribution in [-0.4, -0.2) is 42.7 Å². The maximum absolute atomic E-state index is 5.36. The van der Waals surface area contributed by atoms with Gasteiger partial charge < -0.3 is 4.74 Å². The first kappa shape index (κ1) is 14.3. The van der Waals surface area contributed by atoms with Crippen molar-refractivity contribution in [2.75, 3.05) is 32.8 Å². The van der Waals surface area contributed by atoms with Gasteiger partial charge in [0.2, 0.25) is 0 Å². The third kappa shape index (κ3) is 3.70. The molecule has 1 aliphatic rings. The number of nitrogens with zero attached hydrogens (tertiary/aromatic N) is 2. The molecule has 0 atom stereocenters. The van der Waals surface area contributed by atoms with Crippen LogP contribution in [0.2, 0.25) is 0 Å². The van der Waals surface area contributed by atoms with Crippen LogP contribution in [0.3, 0.4) is 0 Å². The van der Waals surface area contributed by atoms with Crippen molar-refractivity contribution in [3.8, 4) is 0 Å². The molecule has 1 saturated heterocycles. The SMILES string of the molecule is CC(C)c1nc(CCN2CCOCC2)sc1CS. The van der Waals surface area contributed by atoms with Crippen molar-refractivity contribution in [2.24, 2.45) is 0 Å². The molecule has 1 aromatic heterocycles. The van der Waals surface area contributed by atoms with Gasteiger partial charge in [0.05, 0.1) is 23.9 Å². The van der Waals surface area contributed by atoms with Crippen LogP contribution in [0.1, 0.15) is 35.3 Å². The highest BCUT2D eigenvalue weighted by Gasteiger charge is 2.15. The van der Waals surface area contributed by atoms with E-state index < -0.39 is 0 Å². The van der Waals surface area contributed by atoms with Crippen molar-refractivity contribution in [1.29, 1.82) is 0 Å². The summed E-state index contributed by atoms with van der Waals surface area (Å²) in [6.45, 7) is 9.36. The van der Waals surface area contributed by atoms with E-state index in [1.54, 1.807) is 0 Å². The standard InChI is InChI=1S/C13H22N2OS2/c1-10(2)13-11(9-17)18-12(14-13)3-4-15-5-7-16-8-6-15/h10,17H,3-9H2,1-2H3. The number of morpholine rings is 1. The van der Waals surface area contributed by atoms with Crippen LogP contribution in [0.15, 0.2) is 0 Å². The van der Waals surface area contributed by atoms with Crippen LogP contribution >= 0.6 is 24.0 Å². The summed E-state index contributed by atoms with van der Waals surface area (Å²) >= 11 is 6.23. The molecule has 0 amide bonds. The maximum Gasteiger partial charge on any atom is 0.0944 e. The summed E-state index contributed by atoms with van der Waals surface area (Å²) in [5.41, 5.74) is 1.24. The van der Waals surface area contributed by atoms with Gasteiger partial charge in [0, 0.05) is 36.7 Å². The second-order valence-electron chi connectivity index (χ2n) is 4.93. The number of hydrogen-bond donors (Lipinski definition) is 1. The Hall–Kier alpha value is -0.100. The lowest BCUT2D eigenvalue weighted by atomic mass is 10.1. The van der Waals surface area contributed by atoms with E-state index in [1.807, 2.05) is 11.3 Å². The average Bonchev–Trinajstić information content (AvgIpc) is 2.81. The van der Waals surface area contributed by atoms with Gasteiger partial charge >= 0.3 is 0 Å². The van der Waals surface area contributed by atoms with Crippen LogP contribution < -0.4 is 0 Å². The van der Waals surface area contributed by atoms with Gasteiger partial charge in [-0.25, -0.2) is 4.98 Å². The fraction of sp³-hybridized carbons (Fsp3) is 0.769. The Balaban J connectivity index is 1.92. The molecule has 0 spiro atoms. The van der Waals surface area contributed by atoms with E-state index in [0.717, 1.165) is 45.0 Å². The molecule has 0 bridgehead atoms. The van der Waals surface area contributed by atoms with Crippen molar-refractivity contribution in [2.45, 2.75) is 31.9 Å². The number of rotatable bonds is 5. The quantitative estimate of drug-likeness (QED) is 0.842. The predicted molar refractivity (Wildman–Crippen MR) is 79.9 cm³/mol. The molecule has 0 saturated carbocycles. The zero-order valence-electron chi connectivity index (χ0n) is 11.2. The lowest BCUT2D eigenvalue weighted by Gasteiger charge is -2.26. The van der Waals surface area contributed by atoms with E-state index in [0.29, 0.717) is 5.92 Å². The Morgan fingerprint density at radius 2 is 2.11 bits per heavy atom. The summed E-state index contributed by atoms with van der Waals surface area (Å²) in [7, 11) is 0. The molecular weight excluding hydrogens is 264 g/mol. The predicted octanol–water partition coefficient (Wildman–Crippen LogP) is 2.57. The first-order chi connectivity index (χ1) is 8.70. The van der Waals surface area contributed by atoms with Crippen molar-refractivity contribution >= 4 is 24.0 Å². The summed E-state index contributed by atoms with van der Waals surface area (Å²) in [5, 5.41) is 1.26. The van der Waals surface area contributed by atoms with E-state index in [2.05, 4.69) is 31.4 Å². The minimum absolute atomic E-state index is 0.500. The first-order valence-corrected chi connectivity index (χ1v) is 8.05. The maximum atomic E-state index is 5.36. The van der Waals surface area contributed by atoms with Gasteiger partial charge in [-0.3, -0.25) is 4.90 Å². The monoisotopic (exact) mass is 286 g/mol. The molecule has 18 heavy (non-hydrogen) atoms. The van der Waals surface area contributed by atoms with Gasteiger partial charge in [0.15, 0.2) is 0 Å². The zero-order chi connectivity index (χ0) is 13.0. The highest BCUT2D eigenvalue weighted by molar-refractivity contribution is 7.79. The molecule has 1 aliphatic heterocycles. The average molecular weight is 286 g/mol. The first-order valence-electron chi connectivity index (χ1n) is 6.60. The normalized spacial score (nSPS) is 17.6. The lowest BCUT2D eigenvalue weighted by molar-refractivity contribution is 0.0384. The topological polar surface area (TPSA) is 25.4 Å². The molecule has 5 heteroatoms. The Labute approximate surface area is 119 Å². The van der Waals surface area contributed by atoms with Gasteiger partial charge in [-0.05, 0) is 5.92 Å². The zero-order valence-corrected chi connectivity index (χ0v) is 12.9. The molecule has 0 aromatic carbocycles. The minimum Gasteiger partial charge on any atom is -0.379 e. The number of ether oxygens (including phenoxy) is 1. The van der Waals surface area contributed by atoms with Gasteiger partial charge in [-0.15, -0.1) is 11.3 Å². The molecule has 0 N–H and O–H groups in total. The molecule has 2 heterocycles. The Kier molecular flexibility index (Phi) is 5.48. The van der Waals surface area contributed by atoms with Crippen molar-refractivity contribution < 1.29 is 4.74 Å². The molecule has 1 aromatic rings. The second kappa shape index (κ2) is 6.89. The van der Waals surface area contributed by atoms with Crippen molar-refractivity contribution in [3.05, 3.63) is 15.6 Å². The highest BCUT2D eigenvalue weighted by atomic mass is 32.1. The smallest absolute Gasteiger partial charge is 0.0944 e. The van der Waals surface area contributed by atoms with E-state index in [-0.39, 0.29) is 0 Å². The fourth-order valence-corrected chi connectivity index (χ4v) is 3.59. The summed E-state index contributed by atoms with van der Waals surface area (Å²) < 4.78 is 5.36. The molecule has 0 unspecified atom stereocenters. The molecule has 0 aliphatic carbocycles. The minimum atomic E-state index is 0.500. The van der Waals surface area contributed by atoms with Crippen LogP contribution in [0.5, 0.6) is 0 Å². The Bertz CT molecular complexity index is 373. The van der Waals surface area contributed by atoms with Crippen molar-refractivity contribution in [1.82, 2.24) is 9.88 Å². The number of hydrogen-bond acceptors (Lipinski definition) is 5. The summed E-state index contributed by atoms with van der Waals surface area (Å²) in [6.07, 6.45) is 1.05. The summed E-state index contributed by atoms with van der Waals surface area (Å²) in [4.78, 5) is 8.57. The Morgan fingerprint density at radius 1 is 1.39 bits per heavy atom. The second-order valence-corrected chi connectivity index (χ2v) is 6.42. The van der Waals surface area contributed by atoms with Crippen LogP contribution in [0, 0.1) is 0 Å². The van der Waals surface area contributed by atoms with E-state index in [4.69, 9.17) is 9.72 Å². The third-order valence-electron chi connectivity index (χ3n) is 3.21. The summed E-state index contributed by atoms with van der Waals surface area (Å²) in [6, 6.07) is 0. The van der Waals surface area contributed by atoms with Crippen LogP contribution in [0.25, 0.3) is 0 Å². The molecule has 0 radical (unpaired) electrons. The lowest BCUT2D eigenvalue weighted by Crippen LogP contribution is -2.37. The number of thiol groups is 1. The molecule has 102 valence electrons. The van der Waals surface area contributed by atoms with Crippen LogP contribution in [0.4, 0.5) is 0 Å². The molecule has 3 nitrogen and oxygen atoms in total. The van der Waals surface area contributed by atoms with Crippen molar-refractivity contribution in [3.63, 3.8) is 0 Å². The highest BCUT2D eigenvalue weighted by Crippen LogP contribution is 2.26.